The highest BCUT2D eigenvalue weighted by Crippen LogP contribution is 2.23. The van der Waals surface area contributed by atoms with E-state index < -0.39 is 0 Å². The molecule has 0 N–H and O–H groups in total. The molecule has 2 saturated heterocycles. The summed E-state index contributed by atoms with van der Waals surface area (Å²) < 4.78 is 10.5. The summed E-state index contributed by atoms with van der Waals surface area (Å²) in [4.78, 5) is 0. The van der Waals surface area contributed by atoms with Crippen LogP contribution in [0.1, 0.15) is 24.0 Å². The summed E-state index contributed by atoms with van der Waals surface area (Å²) in [6.45, 7) is 1.91. The molecule has 2 aliphatic rings. The maximum absolute atomic E-state index is 5.27. The van der Waals surface area contributed by atoms with Crippen molar-refractivity contribution in [3.8, 4) is 11.1 Å². The second-order valence-electron chi connectivity index (χ2n) is 6.38. The van der Waals surface area contributed by atoms with Crippen LogP contribution in [-0.2, 0) is 22.3 Å². The fourth-order valence-electron chi connectivity index (χ4n) is 2.85. The normalized spacial score (nSPS) is 22.5. The van der Waals surface area contributed by atoms with E-state index >= 15 is 0 Å². The van der Waals surface area contributed by atoms with Gasteiger partial charge in [-0.05, 0) is 47.9 Å². The number of aryl methyl sites for hydroxylation is 2. The third-order valence-corrected chi connectivity index (χ3v) is 4.56. The van der Waals surface area contributed by atoms with E-state index in [4.69, 9.17) is 9.47 Å². The molecule has 2 nitrogen and oxygen atoms in total. The molecule has 0 spiro atoms. The molecule has 4 rings (SSSR count). The first-order valence-electron chi connectivity index (χ1n) is 8.28. The van der Waals surface area contributed by atoms with Crippen LogP contribution in [0.5, 0.6) is 0 Å². The van der Waals surface area contributed by atoms with Crippen LogP contribution in [0.4, 0.5) is 0 Å². The lowest BCUT2D eigenvalue weighted by Gasteiger charge is -2.06. The molecule has 2 aromatic rings. The molecular weight excluding hydrogens is 272 g/mol. The van der Waals surface area contributed by atoms with E-state index in [0.717, 1.165) is 38.9 Å². The predicted molar refractivity (Wildman–Crippen MR) is 88.0 cm³/mol. The SMILES string of the molecule is c1cc(-c2ccc(CCC3CO3)cc2)ccc1CCC1CO1. The van der Waals surface area contributed by atoms with E-state index in [1.54, 1.807) is 0 Å². The van der Waals surface area contributed by atoms with Gasteiger partial charge in [0.2, 0.25) is 0 Å². The van der Waals surface area contributed by atoms with Gasteiger partial charge in [-0.2, -0.15) is 0 Å². The standard InChI is InChI=1S/C20H22O2/c1-7-17(8-2-15(1)5-11-19-13-21-19)18-9-3-16(4-10-18)6-12-20-14-22-20/h1-4,7-10,19-20H,5-6,11-14H2. The van der Waals surface area contributed by atoms with E-state index in [-0.39, 0.29) is 0 Å². The summed E-state index contributed by atoms with van der Waals surface area (Å²) in [5, 5.41) is 0. The molecule has 2 heteroatoms. The van der Waals surface area contributed by atoms with Crippen LogP contribution in [0.15, 0.2) is 48.5 Å². The Labute approximate surface area is 132 Å². The molecule has 0 aromatic heterocycles. The summed E-state index contributed by atoms with van der Waals surface area (Å²) in [5.41, 5.74) is 5.40. The van der Waals surface area contributed by atoms with Crippen molar-refractivity contribution in [3.63, 3.8) is 0 Å². The molecule has 2 heterocycles. The molecule has 2 atom stereocenters. The quantitative estimate of drug-likeness (QED) is 0.721. The number of hydrogen-bond donors (Lipinski definition) is 0. The van der Waals surface area contributed by atoms with Crippen LogP contribution < -0.4 is 0 Å². The van der Waals surface area contributed by atoms with Crippen LogP contribution in [-0.4, -0.2) is 25.4 Å². The Morgan fingerprint density at radius 3 is 1.32 bits per heavy atom. The minimum atomic E-state index is 0.522. The lowest BCUT2D eigenvalue weighted by molar-refractivity contribution is 0.396. The van der Waals surface area contributed by atoms with Crippen LogP contribution in [0, 0.1) is 0 Å². The Balaban J connectivity index is 1.37. The van der Waals surface area contributed by atoms with E-state index in [1.807, 2.05) is 0 Å². The molecule has 0 saturated carbocycles. The Morgan fingerprint density at radius 2 is 1.00 bits per heavy atom. The predicted octanol–water partition coefficient (Wildman–Crippen LogP) is 4.02. The highest BCUT2D eigenvalue weighted by molar-refractivity contribution is 5.64. The van der Waals surface area contributed by atoms with Crippen molar-refractivity contribution >= 4 is 0 Å². The van der Waals surface area contributed by atoms with Crippen molar-refractivity contribution in [2.75, 3.05) is 13.2 Å². The molecule has 0 aliphatic carbocycles. The maximum Gasteiger partial charge on any atom is 0.0813 e. The number of ether oxygens (including phenoxy) is 2. The van der Waals surface area contributed by atoms with Crippen molar-refractivity contribution < 1.29 is 9.47 Å². The molecular formula is C20H22O2. The fraction of sp³-hybridized carbons (Fsp3) is 0.400. The lowest BCUT2D eigenvalue weighted by atomic mass is 9.99. The van der Waals surface area contributed by atoms with Crippen molar-refractivity contribution in [2.24, 2.45) is 0 Å². The minimum absolute atomic E-state index is 0.522. The van der Waals surface area contributed by atoms with Gasteiger partial charge in [-0.3, -0.25) is 0 Å². The summed E-state index contributed by atoms with van der Waals surface area (Å²) in [6.07, 6.45) is 5.58. The summed E-state index contributed by atoms with van der Waals surface area (Å²) in [6, 6.07) is 17.9. The Bertz CT molecular complexity index is 550. The third-order valence-electron chi connectivity index (χ3n) is 4.56. The first-order chi connectivity index (χ1) is 10.9. The zero-order chi connectivity index (χ0) is 14.8. The molecule has 2 aromatic carbocycles. The highest BCUT2D eigenvalue weighted by atomic mass is 16.6. The zero-order valence-electron chi connectivity index (χ0n) is 12.8. The van der Waals surface area contributed by atoms with Gasteiger partial charge in [0, 0.05) is 0 Å². The van der Waals surface area contributed by atoms with Gasteiger partial charge in [0.15, 0.2) is 0 Å². The van der Waals surface area contributed by atoms with Gasteiger partial charge in [-0.25, -0.2) is 0 Å². The van der Waals surface area contributed by atoms with E-state index in [2.05, 4.69) is 48.5 Å². The molecule has 0 amide bonds. The monoisotopic (exact) mass is 294 g/mol. The lowest BCUT2D eigenvalue weighted by Crippen LogP contribution is -1.92. The average molecular weight is 294 g/mol. The Kier molecular flexibility index (Phi) is 3.96. The fourth-order valence-corrected chi connectivity index (χ4v) is 2.85. The molecule has 114 valence electrons. The van der Waals surface area contributed by atoms with E-state index in [1.165, 1.54) is 22.3 Å². The largest absolute Gasteiger partial charge is 0.373 e. The van der Waals surface area contributed by atoms with Crippen molar-refractivity contribution in [3.05, 3.63) is 59.7 Å². The van der Waals surface area contributed by atoms with Gasteiger partial charge < -0.3 is 9.47 Å². The summed E-state index contributed by atoms with van der Waals surface area (Å²) >= 11 is 0. The van der Waals surface area contributed by atoms with E-state index in [0.29, 0.717) is 12.2 Å². The number of epoxide rings is 2. The highest BCUT2D eigenvalue weighted by Gasteiger charge is 2.22. The summed E-state index contributed by atoms with van der Waals surface area (Å²) in [7, 11) is 0. The van der Waals surface area contributed by atoms with Gasteiger partial charge in [0.1, 0.15) is 0 Å². The topological polar surface area (TPSA) is 25.1 Å². The number of rotatable bonds is 7. The second kappa shape index (κ2) is 6.23. The van der Waals surface area contributed by atoms with Gasteiger partial charge in [-0.15, -0.1) is 0 Å². The second-order valence-corrected chi connectivity index (χ2v) is 6.38. The van der Waals surface area contributed by atoms with Gasteiger partial charge in [0.25, 0.3) is 0 Å². The molecule has 22 heavy (non-hydrogen) atoms. The average Bonchev–Trinajstić information content (AvgIpc) is 3.47. The first kappa shape index (κ1) is 14.0. The summed E-state index contributed by atoms with van der Waals surface area (Å²) in [5.74, 6) is 0. The van der Waals surface area contributed by atoms with E-state index in [9.17, 15) is 0 Å². The molecule has 2 fully saturated rings. The van der Waals surface area contributed by atoms with Crippen molar-refractivity contribution in [1.82, 2.24) is 0 Å². The first-order valence-corrected chi connectivity index (χ1v) is 8.28. The minimum Gasteiger partial charge on any atom is -0.373 e. The Morgan fingerprint density at radius 1 is 0.636 bits per heavy atom. The molecule has 0 bridgehead atoms. The molecule has 2 unspecified atom stereocenters. The third kappa shape index (κ3) is 3.76. The number of hydrogen-bond acceptors (Lipinski definition) is 2. The van der Waals surface area contributed by atoms with Crippen LogP contribution in [0.2, 0.25) is 0 Å². The molecule has 0 radical (unpaired) electrons. The van der Waals surface area contributed by atoms with Gasteiger partial charge in [-0.1, -0.05) is 48.5 Å². The number of benzene rings is 2. The van der Waals surface area contributed by atoms with Crippen LogP contribution in [0.3, 0.4) is 0 Å². The van der Waals surface area contributed by atoms with Gasteiger partial charge in [0.05, 0.1) is 25.4 Å². The smallest absolute Gasteiger partial charge is 0.0813 e. The maximum atomic E-state index is 5.27. The van der Waals surface area contributed by atoms with Crippen molar-refractivity contribution in [1.29, 1.82) is 0 Å². The van der Waals surface area contributed by atoms with Gasteiger partial charge >= 0.3 is 0 Å². The Hall–Kier alpha value is -1.64. The molecule has 2 aliphatic heterocycles. The zero-order valence-corrected chi connectivity index (χ0v) is 12.8. The van der Waals surface area contributed by atoms with Crippen molar-refractivity contribution in [2.45, 2.75) is 37.9 Å². The van der Waals surface area contributed by atoms with Crippen LogP contribution >= 0.6 is 0 Å². The van der Waals surface area contributed by atoms with Crippen LogP contribution in [0.25, 0.3) is 11.1 Å².